The molecule has 0 atom stereocenters. The van der Waals surface area contributed by atoms with Crippen molar-refractivity contribution in [3.63, 3.8) is 0 Å². The van der Waals surface area contributed by atoms with Gasteiger partial charge in [0.25, 0.3) is 0 Å². The lowest BCUT2D eigenvalue weighted by Gasteiger charge is -1.96. The average Bonchev–Trinajstić information content (AvgIpc) is 2.03. The third-order valence-corrected chi connectivity index (χ3v) is 1.29. The molecule has 13 heavy (non-hydrogen) atoms. The number of nitrogens with zero attached hydrogens (tertiary/aromatic N) is 3. The maximum absolute atomic E-state index is 12.7. The van der Waals surface area contributed by atoms with Crippen LogP contribution in [0.25, 0.3) is 10.4 Å². The molecule has 1 rings (SSSR count). The lowest BCUT2D eigenvalue weighted by Crippen LogP contribution is -1.96. The summed E-state index contributed by atoms with van der Waals surface area (Å²) in [4.78, 5) is 12.8. The number of hydrogen-bond acceptors (Lipinski definition) is 2. The molecule has 5 nitrogen and oxygen atoms in total. The molecule has 0 heterocycles. The fourth-order valence-electron chi connectivity index (χ4n) is 0.807. The summed E-state index contributed by atoms with van der Waals surface area (Å²) in [5.74, 6) is -2.02. The standard InChI is InChI=1S/C7H4FN3O2/c8-5-1-4(7(12)13)2-6(3-5)10-11-9/h1-3H,(H,12,13). The third kappa shape index (κ3) is 2.18. The summed E-state index contributed by atoms with van der Waals surface area (Å²) in [6.45, 7) is 0. The second-order valence-electron chi connectivity index (χ2n) is 2.19. The first-order valence-corrected chi connectivity index (χ1v) is 3.22. The van der Waals surface area contributed by atoms with Crippen LogP contribution in [0.15, 0.2) is 23.3 Å². The number of carbonyl (C=O) groups is 1. The van der Waals surface area contributed by atoms with E-state index in [4.69, 9.17) is 10.6 Å². The molecule has 0 spiro atoms. The van der Waals surface area contributed by atoms with Crippen molar-refractivity contribution in [1.82, 2.24) is 0 Å². The fraction of sp³-hybridized carbons (Fsp3) is 0. The molecule has 0 aromatic heterocycles. The summed E-state index contributed by atoms with van der Waals surface area (Å²) >= 11 is 0. The van der Waals surface area contributed by atoms with Crippen molar-refractivity contribution in [2.24, 2.45) is 5.11 Å². The Bertz CT molecular complexity index is 378. The maximum Gasteiger partial charge on any atom is 0.335 e. The lowest BCUT2D eigenvalue weighted by atomic mass is 10.2. The van der Waals surface area contributed by atoms with E-state index in [-0.39, 0.29) is 11.3 Å². The van der Waals surface area contributed by atoms with Crippen LogP contribution >= 0.6 is 0 Å². The molecule has 1 aromatic rings. The quantitative estimate of drug-likeness (QED) is 0.431. The number of hydrogen-bond donors (Lipinski definition) is 1. The van der Waals surface area contributed by atoms with Gasteiger partial charge in [0.05, 0.1) is 5.56 Å². The minimum Gasteiger partial charge on any atom is -0.478 e. The van der Waals surface area contributed by atoms with Crippen LogP contribution in [0.3, 0.4) is 0 Å². The Morgan fingerprint density at radius 3 is 2.77 bits per heavy atom. The first-order chi connectivity index (χ1) is 6.13. The van der Waals surface area contributed by atoms with E-state index < -0.39 is 11.8 Å². The van der Waals surface area contributed by atoms with Gasteiger partial charge in [-0.25, -0.2) is 9.18 Å². The van der Waals surface area contributed by atoms with Crippen molar-refractivity contribution in [3.05, 3.63) is 40.0 Å². The van der Waals surface area contributed by atoms with Crippen LogP contribution in [0, 0.1) is 5.82 Å². The van der Waals surface area contributed by atoms with E-state index in [0.29, 0.717) is 0 Å². The number of azide groups is 1. The zero-order valence-electron chi connectivity index (χ0n) is 6.31. The highest BCUT2D eigenvalue weighted by molar-refractivity contribution is 5.88. The van der Waals surface area contributed by atoms with E-state index in [0.717, 1.165) is 18.2 Å². The predicted molar refractivity (Wildman–Crippen MR) is 42.2 cm³/mol. The highest BCUT2D eigenvalue weighted by Crippen LogP contribution is 2.16. The van der Waals surface area contributed by atoms with Gasteiger partial charge in [-0.1, -0.05) is 5.11 Å². The molecule has 0 bridgehead atoms. The second-order valence-corrected chi connectivity index (χ2v) is 2.19. The molecule has 1 aromatic carbocycles. The van der Waals surface area contributed by atoms with Gasteiger partial charge in [0.15, 0.2) is 0 Å². The molecule has 0 aliphatic heterocycles. The smallest absolute Gasteiger partial charge is 0.335 e. The Hall–Kier alpha value is -2.07. The van der Waals surface area contributed by atoms with Crippen LogP contribution in [0.2, 0.25) is 0 Å². The fourth-order valence-corrected chi connectivity index (χ4v) is 0.807. The van der Waals surface area contributed by atoms with Crippen LogP contribution in [-0.2, 0) is 0 Å². The van der Waals surface area contributed by atoms with Crippen molar-refractivity contribution in [2.75, 3.05) is 0 Å². The van der Waals surface area contributed by atoms with E-state index in [9.17, 15) is 9.18 Å². The van der Waals surface area contributed by atoms with Crippen LogP contribution in [-0.4, -0.2) is 11.1 Å². The van der Waals surface area contributed by atoms with Crippen molar-refractivity contribution in [3.8, 4) is 0 Å². The van der Waals surface area contributed by atoms with Gasteiger partial charge in [-0.05, 0) is 23.7 Å². The Kier molecular flexibility index (Phi) is 2.47. The molecule has 0 aliphatic carbocycles. The highest BCUT2D eigenvalue weighted by Gasteiger charge is 2.05. The zero-order valence-corrected chi connectivity index (χ0v) is 6.31. The Labute approximate surface area is 72.1 Å². The van der Waals surface area contributed by atoms with Crippen LogP contribution < -0.4 is 0 Å². The van der Waals surface area contributed by atoms with E-state index >= 15 is 0 Å². The molecule has 0 radical (unpaired) electrons. The number of halogens is 1. The molecular weight excluding hydrogens is 177 g/mol. The molecule has 0 aliphatic rings. The van der Waals surface area contributed by atoms with E-state index in [1.54, 1.807) is 0 Å². The van der Waals surface area contributed by atoms with E-state index in [1.807, 2.05) is 0 Å². The average molecular weight is 181 g/mol. The predicted octanol–water partition coefficient (Wildman–Crippen LogP) is 2.47. The van der Waals surface area contributed by atoms with Gasteiger partial charge in [-0.15, -0.1) is 0 Å². The molecule has 66 valence electrons. The second kappa shape index (κ2) is 3.55. The summed E-state index contributed by atoms with van der Waals surface area (Å²) in [5.41, 5.74) is 7.73. The van der Waals surface area contributed by atoms with Crippen LogP contribution in [0.4, 0.5) is 10.1 Å². The van der Waals surface area contributed by atoms with Gasteiger partial charge in [-0.3, -0.25) is 0 Å². The van der Waals surface area contributed by atoms with E-state index in [2.05, 4.69) is 10.0 Å². The normalized spacial score (nSPS) is 9.00. The number of aromatic carboxylic acids is 1. The molecular formula is C7H4FN3O2. The minimum atomic E-state index is -1.27. The number of rotatable bonds is 2. The highest BCUT2D eigenvalue weighted by atomic mass is 19.1. The van der Waals surface area contributed by atoms with Gasteiger partial charge in [0.1, 0.15) is 5.82 Å². The molecule has 0 saturated heterocycles. The Morgan fingerprint density at radius 1 is 1.54 bits per heavy atom. The third-order valence-electron chi connectivity index (χ3n) is 1.29. The number of carboxylic acid groups (broad SMARTS) is 1. The molecule has 1 N–H and O–H groups in total. The van der Waals surface area contributed by atoms with Crippen LogP contribution in [0.5, 0.6) is 0 Å². The minimum absolute atomic E-state index is 0.0556. The molecule has 0 saturated carbocycles. The van der Waals surface area contributed by atoms with Gasteiger partial charge in [0, 0.05) is 10.6 Å². The summed E-state index contributed by atoms with van der Waals surface area (Å²) in [6, 6.07) is 2.88. The summed E-state index contributed by atoms with van der Waals surface area (Å²) in [6.07, 6.45) is 0. The first kappa shape index (κ1) is 9.02. The molecule has 0 amide bonds. The monoisotopic (exact) mass is 181 g/mol. The summed E-state index contributed by atoms with van der Waals surface area (Å²) in [5, 5.41) is 11.6. The Balaban J connectivity index is 3.26. The summed E-state index contributed by atoms with van der Waals surface area (Å²) in [7, 11) is 0. The number of carboxylic acids is 1. The molecule has 0 fully saturated rings. The van der Waals surface area contributed by atoms with Crippen molar-refractivity contribution in [1.29, 1.82) is 0 Å². The Morgan fingerprint density at radius 2 is 2.23 bits per heavy atom. The topological polar surface area (TPSA) is 86.1 Å². The first-order valence-electron chi connectivity index (χ1n) is 3.22. The van der Waals surface area contributed by atoms with E-state index in [1.165, 1.54) is 0 Å². The molecule has 6 heteroatoms. The lowest BCUT2D eigenvalue weighted by molar-refractivity contribution is 0.0696. The summed E-state index contributed by atoms with van der Waals surface area (Å²) < 4.78 is 12.7. The van der Waals surface area contributed by atoms with Crippen molar-refractivity contribution < 1.29 is 14.3 Å². The van der Waals surface area contributed by atoms with Gasteiger partial charge in [-0.2, -0.15) is 0 Å². The largest absolute Gasteiger partial charge is 0.478 e. The van der Waals surface area contributed by atoms with Gasteiger partial charge in [0.2, 0.25) is 0 Å². The van der Waals surface area contributed by atoms with Gasteiger partial charge >= 0.3 is 5.97 Å². The SMILES string of the molecule is [N-]=[N+]=Nc1cc(F)cc(C(=O)O)c1. The van der Waals surface area contributed by atoms with Gasteiger partial charge < -0.3 is 5.11 Å². The van der Waals surface area contributed by atoms with Crippen molar-refractivity contribution in [2.45, 2.75) is 0 Å². The van der Waals surface area contributed by atoms with Crippen molar-refractivity contribution >= 4 is 11.7 Å². The van der Waals surface area contributed by atoms with Crippen LogP contribution in [0.1, 0.15) is 10.4 Å². The maximum atomic E-state index is 12.7. The number of benzene rings is 1. The molecule has 0 unspecified atom stereocenters. The zero-order chi connectivity index (χ0) is 9.84.